The maximum atomic E-state index is 11.7. The fourth-order valence-electron chi connectivity index (χ4n) is 4.21. The number of carbonyl (C=O) groups is 1. The predicted molar refractivity (Wildman–Crippen MR) is 112 cm³/mol. The molecule has 0 aliphatic rings. The number of aromatic nitrogens is 1. The van der Waals surface area contributed by atoms with E-state index >= 15 is 0 Å². The smallest absolute Gasteiger partial charge is 0.307 e. The van der Waals surface area contributed by atoms with Crippen LogP contribution in [0.4, 0.5) is 0 Å². The molecule has 28 heavy (non-hydrogen) atoms. The number of para-hydroxylation sites is 1. The van der Waals surface area contributed by atoms with E-state index in [2.05, 4.69) is 30.1 Å². The molecule has 0 aliphatic carbocycles. The summed E-state index contributed by atoms with van der Waals surface area (Å²) in [7, 11) is 1.61. The van der Waals surface area contributed by atoms with Gasteiger partial charge in [-0.2, -0.15) is 0 Å². The van der Waals surface area contributed by atoms with Crippen LogP contribution in [-0.2, 0) is 24.1 Å². The first kappa shape index (κ1) is 18.1. The molecule has 0 aliphatic heterocycles. The number of aliphatic carboxylic acids is 1. The van der Waals surface area contributed by atoms with Gasteiger partial charge in [-0.25, -0.2) is 0 Å². The highest BCUT2D eigenvalue weighted by Gasteiger charge is 2.24. The summed E-state index contributed by atoms with van der Waals surface area (Å²) in [6.07, 6.45) is 1.43. The standard InChI is InChI=1S/C24H23NO3/c1-3-16-18(13-15-9-5-4-6-10-15)19(14-21(26)27)24(28-2)23-22(16)17-11-7-8-12-20(17)25-23/h4-12,25H,3,13-14H2,1-2H3,(H,26,27). The number of aryl methyl sites for hydroxylation is 1. The van der Waals surface area contributed by atoms with Gasteiger partial charge in [-0.3, -0.25) is 4.79 Å². The van der Waals surface area contributed by atoms with E-state index in [0.717, 1.165) is 44.9 Å². The van der Waals surface area contributed by atoms with Crippen molar-refractivity contribution in [3.63, 3.8) is 0 Å². The first-order valence-corrected chi connectivity index (χ1v) is 9.50. The minimum Gasteiger partial charge on any atom is -0.494 e. The monoisotopic (exact) mass is 373 g/mol. The van der Waals surface area contributed by atoms with Gasteiger partial charge in [0.1, 0.15) is 5.75 Å². The summed E-state index contributed by atoms with van der Waals surface area (Å²) in [5.74, 6) is -0.221. The van der Waals surface area contributed by atoms with Crippen LogP contribution in [0.5, 0.6) is 5.75 Å². The molecule has 0 saturated heterocycles. The molecule has 0 unspecified atom stereocenters. The summed E-state index contributed by atoms with van der Waals surface area (Å²) in [4.78, 5) is 15.1. The van der Waals surface area contributed by atoms with E-state index in [-0.39, 0.29) is 6.42 Å². The largest absolute Gasteiger partial charge is 0.494 e. The van der Waals surface area contributed by atoms with Gasteiger partial charge in [-0.05, 0) is 35.6 Å². The predicted octanol–water partition coefficient (Wildman–Crippen LogP) is 5.11. The van der Waals surface area contributed by atoms with Crippen molar-refractivity contribution < 1.29 is 14.6 Å². The number of fused-ring (bicyclic) bond motifs is 3. The Morgan fingerprint density at radius 2 is 1.71 bits per heavy atom. The van der Waals surface area contributed by atoms with Crippen LogP contribution in [0, 0.1) is 0 Å². The van der Waals surface area contributed by atoms with E-state index in [1.54, 1.807) is 7.11 Å². The Morgan fingerprint density at radius 3 is 2.39 bits per heavy atom. The van der Waals surface area contributed by atoms with Crippen LogP contribution in [-0.4, -0.2) is 23.2 Å². The maximum Gasteiger partial charge on any atom is 0.307 e. The van der Waals surface area contributed by atoms with E-state index in [1.165, 1.54) is 5.56 Å². The van der Waals surface area contributed by atoms with Crippen molar-refractivity contribution in [1.29, 1.82) is 0 Å². The Bertz CT molecular complexity index is 1160. The number of hydrogen-bond acceptors (Lipinski definition) is 2. The molecule has 4 aromatic rings. The molecule has 4 heteroatoms. The molecule has 0 saturated carbocycles. The third kappa shape index (κ3) is 3.01. The Labute approximate surface area is 163 Å². The van der Waals surface area contributed by atoms with Crippen LogP contribution in [0.3, 0.4) is 0 Å². The fraction of sp³-hybridized carbons (Fsp3) is 0.208. The summed E-state index contributed by atoms with van der Waals surface area (Å²) in [5.41, 5.74) is 6.08. The van der Waals surface area contributed by atoms with Crippen LogP contribution in [0.25, 0.3) is 21.8 Å². The number of carboxylic acids is 1. The highest BCUT2D eigenvalue weighted by molar-refractivity contribution is 6.12. The lowest BCUT2D eigenvalue weighted by atomic mass is 9.88. The molecule has 1 aromatic heterocycles. The second kappa shape index (κ2) is 7.39. The first-order chi connectivity index (χ1) is 13.6. The van der Waals surface area contributed by atoms with Gasteiger partial charge in [0.15, 0.2) is 0 Å². The van der Waals surface area contributed by atoms with Gasteiger partial charge in [0, 0.05) is 21.9 Å². The lowest BCUT2D eigenvalue weighted by molar-refractivity contribution is -0.136. The minimum atomic E-state index is -0.856. The Morgan fingerprint density at radius 1 is 1.00 bits per heavy atom. The van der Waals surface area contributed by atoms with Gasteiger partial charge in [-0.15, -0.1) is 0 Å². The Balaban J connectivity index is 2.11. The number of rotatable bonds is 6. The normalized spacial score (nSPS) is 11.2. The van der Waals surface area contributed by atoms with Gasteiger partial charge in [0.05, 0.1) is 19.0 Å². The molecule has 1 heterocycles. The van der Waals surface area contributed by atoms with Gasteiger partial charge < -0.3 is 14.8 Å². The van der Waals surface area contributed by atoms with Crippen molar-refractivity contribution in [2.45, 2.75) is 26.2 Å². The molecule has 0 bridgehead atoms. The average Bonchev–Trinajstić information content (AvgIpc) is 3.08. The zero-order valence-electron chi connectivity index (χ0n) is 16.1. The molecular formula is C24H23NO3. The fourth-order valence-corrected chi connectivity index (χ4v) is 4.21. The van der Waals surface area contributed by atoms with Crippen molar-refractivity contribution in [3.05, 3.63) is 76.9 Å². The molecule has 4 nitrogen and oxygen atoms in total. The van der Waals surface area contributed by atoms with E-state index in [9.17, 15) is 9.90 Å². The van der Waals surface area contributed by atoms with Crippen LogP contribution in [0.2, 0.25) is 0 Å². The van der Waals surface area contributed by atoms with Crippen molar-refractivity contribution in [2.75, 3.05) is 7.11 Å². The summed E-state index contributed by atoms with van der Waals surface area (Å²) < 4.78 is 5.77. The molecule has 0 spiro atoms. The zero-order valence-corrected chi connectivity index (χ0v) is 16.1. The number of H-pyrrole nitrogens is 1. The minimum absolute atomic E-state index is 0.0658. The molecule has 0 fully saturated rings. The lowest BCUT2D eigenvalue weighted by Crippen LogP contribution is -2.10. The average molecular weight is 373 g/mol. The number of methoxy groups -OCH3 is 1. The number of benzene rings is 3. The topological polar surface area (TPSA) is 62.3 Å². The van der Waals surface area contributed by atoms with Crippen LogP contribution in [0.1, 0.15) is 29.2 Å². The summed E-state index contributed by atoms with van der Waals surface area (Å²) in [6.45, 7) is 2.13. The summed E-state index contributed by atoms with van der Waals surface area (Å²) in [5, 5.41) is 11.9. The van der Waals surface area contributed by atoms with Crippen LogP contribution >= 0.6 is 0 Å². The molecule has 3 aromatic carbocycles. The third-order valence-electron chi connectivity index (χ3n) is 5.35. The van der Waals surface area contributed by atoms with Crippen molar-refractivity contribution in [3.8, 4) is 5.75 Å². The molecule has 0 atom stereocenters. The molecule has 0 radical (unpaired) electrons. The van der Waals surface area contributed by atoms with Crippen molar-refractivity contribution in [2.24, 2.45) is 0 Å². The van der Waals surface area contributed by atoms with E-state index in [4.69, 9.17) is 4.74 Å². The molecular weight excluding hydrogens is 350 g/mol. The van der Waals surface area contributed by atoms with E-state index in [1.807, 2.05) is 36.4 Å². The molecule has 4 rings (SSSR count). The van der Waals surface area contributed by atoms with Crippen molar-refractivity contribution >= 4 is 27.8 Å². The summed E-state index contributed by atoms with van der Waals surface area (Å²) in [6, 6.07) is 18.4. The first-order valence-electron chi connectivity index (χ1n) is 9.50. The maximum absolute atomic E-state index is 11.7. The van der Waals surface area contributed by atoms with Gasteiger partial charge >= 0.3 is 5.97 Å². The zero-order chi connectivity index (χ0) is 19.7. The van der Waals surface area contributed by atoms with Crippen LogP contribution in [0.15, 0.2) is 54.6 Å². The third-order valence-corrected chi connectivity index (χ3v) is 5.35. The molecule has 142 valence electrons. The highest BCUT2D eigenvalue weighted by Crippen LogP contribution is 2.41. The van der Waals surface area contributed by atoms with Gasteiger partial charge in [-0.1, -0.05) is 55.5 Å². The highest BCUT2D eigenvalue weighted by atomic mass is 16.5. The van der Waals surface area contributed by atoms with Crippen LogP contribution < -0.4 is 4.74 Å². The lowest BCUT2D eigenvalue weighted by Gasteiger charge is -2.19. The molecule has 2 N–H and O–H groups in total. The van der Waals surface area contributed by atoms with Gasteiger partial charge in [0.2, 0.25) is 0 Å². The van der Waals surface area contributed by atoms with Crippen molar-refractivity contribution in [1.82, 2.24) is 4.98 Å². The number of nitrogens with one attached hydrogen (secondary N) is 1. The Hall–Kier alpha value is -3.27. The number of carboxylic acid groups (broad SMARTS) is 1. The molecule has 0 amide bonds. The van der Waals surface area contributed by atoms with E-state index in [0.29, 0.717) is 12.2 Å². The van der Waals surface area contributed by atoms with E-state index < -0.39 is 5.97 Å². The second-order valence-corrected chi connectivity index (χ2v) is 6.98. The SMILES string of the molecule is CCc1c(Cc2ccccc2)c(CC(=O)O)c(OC)c2[nH]c3ccccc3c12. The van der Waals surface area contributed by atoms with Gasteiger partial charge in [0.25, 0.3) is 0 Å². The Kier molecular flexibility index (Phi) is 4.78. The second-order valence-electron chi connectivity index (χ2n) is 6.98. The number of ether oxygens (including phenoxy) is 1. The number of aromatic amines is 1. The quantitative estimate of drug-likeness (QED) is 0.494. The number of hydrogen-bond donors (Lipinski definition) is 2. The summed E-state index contributed by atoms with van der Waals surface area (Å²) >= 11 is 0.